The Morgan fingerprint density at radius 3 is 2.64 bits per heavy atom. The third-order valence-electron chi connectivity index (χ3n) is 4.99. The molecule has 1 saturated heterocycles. The van der Waals surface area contributed by atoms with E-state index in [1.165, 1.54) is 12.3 Å². The van der Waals surface area contributed by atoms with Crippen molar-refractivity contribution in [2.45, 2.75) is 19.8 Å². The maximum Gasteiger partial charge on any atom is 0.336 e. The fourth-order valence-electron chi connectivity index (χ4n) is 3.44. The van der Waals surface area contributed by atoms with E-state index in [0.29, 0.717) is 43.0 Å². The molecule has 7 nitrogen and oxygen atoms in total. The summed E-state index contributed by atoms with van der Waals surface area (Å²) >= 11 is 0. The van der Waals surface area contributed by atoms with Crippen molar-refractivity contribution in [1.82, 2.24) is 4.90 Å². The molecule has 0 bridgehead atoms. The van der Waals surface area contributed by atoms with E-state index >= 15 is 0 Å². The third kappa shape index (κ3) is 3.55. The molecule has 28 heavy (non-hydrogen) atoms. The molecule has 2 aromatic heterocycles. The van der Waals surface area contributed by atoms with Crippen molar-refractivity contribution in [1.29, 1.82) is 0 Å². The lowest BCUT2D eigenvalue weighted by Gasteiger charge is -2.30. The van der Waals surface area contributed by atoms with Crippen molar-refractivity contribution in [3.63, 3.8) is 0 Å². The third-order valence-corrected chi connectivity index (χ3v) is 4.99. The number of fused-ring (bicyclic) bond motifs is 1. The number of likely N-dealkylation sites (tertiary alicyclic amines) is 1. The van der Waals surface area contributed by atoms with Gasteiger partial charge in [-0.1, -0.05) is 0 Å². The number of furan rings is 1. The first-order valence-corrected chi connectivity index (χ1v) is 9.10. The smallest absolute Gasteiger partial charge is 0.336 e. The predicted molar refractivity (Wildman–Crippen MR) is 100 cm³/mol. The molecule has 1 aliphatic rings. The molecule has 3 aromatic rings. The molecule has 0 aliphatic carbocycles. The monoisotopic (exact) mass is 381 g/mol. The van der Waals surface area contributed by atoms with Crippen LogP contribution in [0.1, 0.15) is 29.0 Å². The van der Waals surface area contributed by atoms with Gasteiger partial charge in [-0.2, -0.15) is 0 Å². The number of carbonyl (C=O) groups excluding carboxylic acids is 2. The second-order valence-corrected chi connectivity index (χ2v) is 6.87. The topological polar surface area (TPSA) is 90.0 Å². The van der Waals surface area contributed by atoms with E-state index in [4.69, 9.17) is 13.6 Å². The van der Waals surface area contributed by atoms with Gasteiger partial charge in [-0.15, -0.1) is 0 Å². The summed E-state index contributed by atoms with van der Waals surface area (Å²) < 4.78 is 15.8. The van der Waals surface area contributed by atoms with E-state index in [2.05, 4.69) is 0 Å². The summed E-state index contributed by atoms with van der Waals surface area (Å²) in [6.07, 6.45) is 2.50. The molecule has 0 saturated carbocycles. The highest BCUT2D eigenvalue weighted by molar-refractivity contribution is 5.91. The van der Waals surface area contributed by atoms with E-state index in [1.54, 1.807) is 35.2 Å². The number of rotatable bonds is 3. The van der Waals surface area contributed by atoms with Crippen LogP contribution in [0.15, 0.2) is 56.3 Å². The Morgan fingerprint density at radius 2 is 1.93 bits per heavy atom. The van der Waals surface area contributed by atoms with Gasteiger partial charge in [0.1, 0.15) is 11.3 Å². The highest BCUT2D eigenvalue weighted by Crippen LogP contribution is 2.25. The summed E-state index contributed by atoms with van der Waals surface area (Å²) in [5, 5.41) is 0.796. The Bertz CT molecular complexity index is 1070. The standard InChI is InChI=1S/C21H19NO6/c1-13-11-19(23)28-18-12-15(4-5-16(13)18)27-21(25)14-6-8-22(9-7-14)20(24)17-3-2-10-26-17/h2-5,10-12,14H,6-9H2,1H3. The maximum absolute atomic E-state index is 12.5. The van der Waals surface area contributed by atoms with Gasteiger partial charge in [0.2, 0.25) is 0 Å². The number of hydrogen-bond donors (Lipinski definition) is 0. The van der Waals surface area contributed by atoms with E-state index in [0.717, 1.165) is 10.9 Å². The fraction of sp³-hybridized carbons (Fsp3) is 0.286. The summed E-state index contributed by atoms with van der Waals surface area (Å²) in [5.74, 6) is -0.175. The number of benzene rings is 1. The van der Waals surface area contributed by atoms with Crippen LogP contribution in [-0.2, 0) is 4.79 Å². The van der Waals surface area contributed by atoms with Gasteiger partial charge in [0.25, 0.3) is 5.91 Å². The molecule has 1 fully saturated rings. The minimum absolute atomic E-state index is 0.170. The first-order chi connectivity index (χ1) is 13.5. The Labute approximate surface area is 160 Å². The maximum atomic E-state index is 12.5. The minimum atomic E-state index is -0.443. The van der Waals surface area contributed by atoms with Crippen molar-refractivity contribution in [3.05, 3.63) is 64.4 Å². The van der Waals surface area contributed by atoms with Crippen molar-refractivity contribution >= 4 is 22.8 Å². The summed E-state index contributed by atoms with van der Waals surface area (Å²) in [6, 6.07) is 9.72. The van der Waals surface area contributed by atoms with Crippen LogP contribution in [0.4, 0.5) is 0 Å². The van der Waals surface area contributed by atoms with Crippen LogP contribution in [0, 0.1) is 12.8 Å². The van der Waals surface area contributed by atoms with E-state index in [-0.39, 0.29) is 17.8 Å². The molecule has 0 unspecified atom stereocenters. The zero-order chi connectivity index (χ0) is 19.7. The highest BCUT2D eigenvalue weighted by atomic mass is 16.5. The van der Waals surface area contributed by atoms with Gasteiger partial charge in [0.05, 0.1) is 12.2 Å². The Balaban J connectivity index is 1.40. The molecule has 1 aromatic carbocycles. The van der Waals surface area contributed by atoms with Crippen LogP contribution >= 0.6 is 0 Å². The van der Waals surface area contributed by atoms with Crippen molar-refractivity contribution in [2.24, 2.45) is 5.92 Å². The summed E-state index contributed by atoms with van der Waals surface area (Å²) in [6.45, 7) is 2.75. The van der Waals surface area contributed by atoms with Crippen LogP contribution in [-0.4, -0.2) is 29.9 Å². The quantitative estimate of drug-likeness (QED) is 0.393. The Morgan fingerprint density at radius 1 is 1.14 bits per heavy atom. The first kappa shape index (κ1) is 18.0. The van der Waals surface area contributed by atoms with Crippen molar-refractivity contribution in [3.8, 4) is 5.75 Å². The largest absolute Gasteiger partial charge is 0.459 e. The van der Waals surface area contributed by atoms with Gasteiger partial charge in [-0.05, 0) is 49.6 Å². The molecular weight excluding hydrogens is 362 g/mol. The number of esters is 1. The average Bonchev–Trinajstić information content (AvgIpc) is 3.22. The SMILES string of the molecule is Cc1cc(=O)oc2cc(OC(=O)C3CCN(C(=O)c4ccco4)CC3)ccc12. The fourth-order valence-corrected chi connectivity index (χ4v) is 3.44. The molecule has 0 spiro atoms. The van der Waals surface area contributed by atoms with E-state index in [9.17, 15) is 14.4 Å². The van der Waals surface area contributed by atoms with Crippen LogP contribution in [0.3, 0.4) is 0 Å². The van der Waals surface area contributed by atoms with Gasteiger partial charge >= 0.3 is 11.6 Å². The van der Waals surface area contributed by atoms with Gasteiger partial charge in [0, 0.05) is 30.6 Å². The number of amides is 1. The number of nitrogens with zero attached hydrogens (tertiary/aromatic N) is 1. The van der Waals surface area contributed by atoms with Gasteiger partial charge in [0.15, 0.2) is 5.76 Å². The van der Waals surface area contributed by atoms with E-state index in [1.807, 2.05) is 6.92 Å². The number of ether oxygens (including phenoxy) is 1. The van der Waals surface area contributed by atoms with Crippen LogP contribution in [0.25, 0.3) is 11.0 Å². The first-order valence-electron chi connectivity index (χ1n) is 9.10. The Kier molecular flexibility index (Phi) is 4.73. The number of aryl methyl sites for hydroxylation is 1. The van der Waals surface area contributed by atoms with Crippen LogP contribution < -0.4 is 10.4 Å². The van der Waals surface area contributed by atoms with Crippen LogP contribution in [0.2, 0.25) is 0 Å². The average molecular weight is 381 g/mol. The molecule has 4 rings (SSSR count). The number of hydrogen-bond acceptors (Lipinski definition) is 6. The molecule has 0 radical (unpaired) electrons. The van der Waals surface area contributed by atoms with Gasteiger partial charge < -0.3 is 18.5 Å². The minimum Gasteiger partial charge on any atom is -0.459 e. The molecule has 144 valence electrons. The predicted octanol–water partition coefficient (Wildman–Crippen LogP) is 3.15. The summed E-state index contributed by atoms with van der Waals surface area (Å²) in [4.78, 5) is 38.0. The molecule has 0 atom stereocenters. The van der Waals surface area contributed by atoms with E-state index < -0.39 is 5.63 Å². The van der Waals surface area contributed by atoms with Crippen molar-refractivity contribution < 1.29 is 23.2 Å². The zero-order valence-electron chi connectivity index (χ0n) is 15.3. The number of piperidine rings is 1. The van der Waals surface area contributed by atoms with Crippen LogP contribution in [0.5, 0.6) is 5.75 Å². The summed E-state index contributed by atoms with van der Waals surface area (Å²) in [5.41, 5.74) is 0.744. The molecule has 1 amide bonds. The van der Waals surface area contributed by atoms with Crippen molar-refractivity contribution in [2.75, 3.05) is 13.1 Å². The zero-order valence-corrected chi connectivity index (χ0v) is 15.3. The normalized spacial score (nSPS) is 15.0. The second-order valence-electron chi connectivity index (χ2n) is 6.87. The van der Waals surface area contributed by atoms with Gasteiger partial charge in [-0.3, -0.25) is 9.59 Å². The number of carbonyl (C=O) groups is 2. The summed E-state index contributed by atoms with van der Waals surface area (Å²) in [7, 11) is 0. The lowest BCUT2D eigenvalue weighted by Crippen LogP contribution is -2.41. The molecular formula is C21H19NO6. The lowest BCUT2D eigenvalue weighted by molar-refractivity contribution is -0.140. The second kappa shape index (κ2) is 7.34. The molecule has 1 aliphatic heterocycles. The lowest BCUT2D eigenvalue weighted by atomic mass is 9.97. The molecule has 0 N–H and O–H groups in total. The highest BCUT2D eigenvalue weighted by Gasteiger charge is 2.30. The van der Waals surface area contributed by atoms with Gasteiger partial charge in [-0.25, -0.2) is 4.79 Å². The molecule has 7 heteroatoms. The Hall–Kier alpha value is -3.35. The molecule has 3 heterocycles.